The number of rotatable bonds is 4. The van der Waals surface area contributed by atoms with Crippen LogP contribution in [-0.4, -0.2) is 15.1 Å². The molecule has 0 aliphatic carbocycles. The van der Waals surface area contributed by atoms with E-state index in [4.69, 9.17) is 16.3 Å². The Labute approximate surface area is 151 Å². The van der Waals surface area contributed by atoms with Gasteiger partial charge in [-0.1, -0.05) is 23.7 Å². The van der Waals surface area contributed by atoms with Gasteiger partial charge >= 0.3 is 6.18 Å². The van der Waals surface area contributed by atoms with Crippen molar-refractivity contribution in [3.63, 3.8) is 0 Å². The van der Waals surface area contributed by atoms with E-state index in [1.165, 1.54) is 24.7 Å². The fourth-order valence-corrected chi connectivity index (χ4v) is 2.49. The molecule has 8 heteroatoms. The number of phenolic OH excluding ortho intramolecular Hbond substituents is 1. The van der Waals surface area contributed by atoms with Gasteiger partial charge in [-0.15, -0.1) is 0 Å². The summed E-state index contributed by atoms with van der Waals surface area (Å²) in [5, 5.41) is 10.7. The highest BCUT2D eigenvalue weighted by molar-refractivity contribution is 6.30. The molecule has 0 amide bonds. The number of hydrogen-bond acceptors (Lipinski definition) is 4. The Morgan fingerprint density at radius 1 is 1.04 bits per heavy atom. The number of benzene rings is 2. The topological polar surface area (TPSA) is 55.2 Å². The highest BCUT2D eigenvalue weighted by Crippen LogP contribution is 2.46. The molecular formula is C18H12ClF3N2O2. The quantitative estimate of drug-likeness (QED) is 0.684. The molecule has 0 radical (unpaired) electrons. The van der Waals surface area contributed by atoms with Gasteiger partial charge in [0.05, 0.1) is 5.69 Å². The molecule has 1 heterocycles. The van der Waals surface area contributed by atoms with E-state index >= 15 is 0 Å². The summed E-state index contributed by atoms with van der Waals surface area (Å²) >= 11 is 5.78. The maximum Gasteiger partial charge on any atom is 0.423 e. The van der Waals surface area contributed by atoms with Crippen molar-refractivity contribution in [2.75, 3.05) is 0 Å². The van der Waals surface area contributed by atoms with Crippen molar-refractivity contribution in [3.05, 3.63) is 71.1 Å². The van der Waals surface area contributed by atoms with Crippen LogP contribution < -0.4 is 4.74 Å². The fourth-order valence-electron chi connectivity index (χ4n) is 2.37. The molecule has 0 saturated carbocycles. The fraction of sp³-hybridized carbons (Fsp3) is 0.111. The van der Waals surface area contributed by atoms with E-state index in [1.54, 1.807) is 24.3 Å². The van der Waals surface area contributed by atoms with Crippen LogP contribution in [0.15, 0.2) is 55.0 Å². The monoisotopic (exact) mass is 380 g/mol. The lowest BCUT2D eigenvalue weighted by molar-refractivity contribution is -0.140. The van der Waals surface area contributed by atoms with Crippen molar-refractivity contribution in [1.29, 1.82) is 0 Å². The number of aromatic nitrogens is 2. The zero-order chi connectivity index (χ0) is 18.7. The minimum atomic E-state index is -4.80. The molecule has 0 aliphatic heterocycles. The van der Waals surface area contributed by atoms with E-state index in [0.717, 1.165) is 6.07 Å². The van der Waals surface area contributed by atoms with Gasteiger partial charge in [0.15, 0.2) is 0 Å². The summed E-state index contributed by atoms with van der Waals surface area (Å²) in [6, 6.07) is 10.4. The van der Waals surface area contributed by atoms with Crippen LogP contribution in [0.5, 0.6) is 11.5 Å². The smallest absolute Gasteiger partial charge is 0.423 e. The Balaban J connectivity index is 1.97. The summed E-state index contributed by atoms with van der Waals surface area (Å²) in [6.45, 7) is -0.105. The van der Waals surface area contributed by atoms with E-state index in [1.807, 2.05) is 0 Å². The number of alkyl halides is 3. The van der Waals surface area contributed by atoms with Gasteiger partial charge < -0.3 is 9.84 Å². The number of nitrogens with zero attached hydrogens (tertiary/aromatic N) is 2. The van der Waals surface area contributed by atoms with Gasteiger partial charge in [0, 0.05) is 16.8 Å². The molecule has 26 heavy (non-hydrogen) atoms. The maximum atomic E-state index is 13.5. The first-order valence-electron chi connectivity index (χ1n) is 7.43. The van der Waals surface area contributed by atoms with Crippen LogP contribution in [0.3, 0.4) is 0 Å². The van der Waals surface area contributed by atoms with Crippen molar-refractivity contribution in [2.24, 2.45) is 0 Å². The summed E-state index contributed by atoms with van der Waals surface area (Å²) in [5.41, 5.74) is -0.490. The van der Waals surface area contributed by atoms with Crippen molar-refractivity contribution >= 4 is 11.6 Å². The van der Waals surface area contributed by atoms with Crippen LogP contribution in [0.1, 0.15) is 11.1 Å². The first-order chi connectivity index (χ1) is 12.4. The van der Waals surface area contributed by atoms with Gasteiger partial charge in [0.1, 0.15) is 30.0 Å². The Bertz CT molecular complexity index is 901. The van der Waals surface area contributed by atoms with Gasteiger partial charge in [0.25, 0.3) is 0 Å². The first kappa shape index (κ1) is 18.0. The second-order valence-electron chi connectivity index (χ2n) is 5.34. The average Bonchev–Trinajstić information content (AvgIpc) is 2.61. The summed E-state index contributed by atoms with van der Waals surface area (Å²) in [7, 11) is 0. The summed E-state index contributed by atoms with van der Waals surface area (Å²) < 4.78 is 45.8. The third-order valence-electron chi connectivity index (χ3n) is 3.59. The molecule has 134 valence electrons. The highest BCUT2D eigenvalue weighted by atomic mass is 35.5. The van der Waals surface area contributed by atoms with E-state index < -0.39 is 23.2 Å². The Hall–Kier alpha value is -2.80. The predicted molar refractivity (Wildman–Crippen MR) is 89.9 cm³/mol. The van der Waals surface area contributed by atoms with Crippen LogP contribution in [-0.2, 0) is 12.8 Å². The normalized spacial score (nSPS) is 11.4. The van der Waals surface area contributed by atoms with E-state index in [-0.39, 0.29) is 17.9 Å². The molecule has 0 spiro atoms. The molecular weight excluding hydrogens is 369 g/mol. The highest BCUT2D eigenvalue weighted by Gasteiger charge is 2.39. The van der Waals surface area contributed by atoms with Crippen molar-refractivity contribution in [3.8, 4) is 22.8 Å². The number of halogens is 4. The van der Waals surface area contributed by atoms with Gasteiger partial charge in [-0.2, -0.15) is 13.2 Å². The van der Waals surface area contributed by atoms with Gasteiger partial charge in [-0.05, 0) is 35.9 Å². The van der Waals surface area contributed by atoms with E-state index in [0.29, 0.717) is 10.6 Å². The van der Waals surface area contributed by atoms with E-state index in [9.17, 15) is 18.3 Å². The van der Waals surface area contributed by atoms with Crippen molar-refractivity contribution in [1.82, 2.24) is 9.97 Å². The first-order valence-corrected chi connectivity index (χ1v) is 7.81. The second kappa shape index (κ2) is 7.21. The zero-order valence-corrected chi connectivity index (χ0v) is 13.9. The Morgan fingerprint density at radius 3 is 2.38 bits per heavy atom. The van der Waals surface area contributed by atoms with Gasteiger partial charge in [-0.3, -0.25) is 0 Å². The molecule has 0 aliphatic rings. The van der Waals surface area contributed by atoms with Crippen LogP contribution in [0.2, 0.25) is 5.02 Å². The van der Waals surface area contributed by atoms with Gasteiger partial charge in [-0.25, -0.2) is 9.97 Å². The summed E-state index contributed by atoms with van der Waals surface area (Å²) in [4.78, 5) is 7.58. The second-order valence-corrected chi connectivity index (χ2v) is 5.78. The molecule has 1 N–H and O–H groups in total. The number of phenols is 1. The predicted octanol–water partition coefficient (Wildman–Crippen LogP) is 5.10. The standard InChI is InChI=1S/C18H12ClF3N2O2/c19-12-3-1-11(2-4-12)9-26-15-6-5-13(14-7-8-23-10-24-14)17(25)16(15)18(20,21)22/h1-8,10,25H,9H2. The molecule has 0 fully saturated rings. The summed E-state index contributed by atoms with van der Waals surface area (Å²) in [5.74, 6) is -1.41. The third-order valence-corrected chi connectivity index (χ3v) is 3.84. The number of aromatic hydroxyl groups is 1. The average molecular weight is 381 g/mol. The van der Waals surface area contributed by atoms with Gasteiger partial charge in [0.2, 0.25) is 0 Å². The minimum absolute atomic E-state index is 0.0569. The molecule has 0 bridgehead atoms. The Kier molecular flexibility index (Phi) is 4.99. The molecule has 0 saturated heterocycles. The van der Waals surface area contributed by atoms with Crippen molar-refractivity contribution in [2.45, 2.75) is 12.8 Å². The lowest BCUT2D eigenvalue weighted by atomic mass is 10.0. The van der Waals surface area contributed by atoms with Crippen LogP contribution in [0, 0.1) is 0 Å². The molecule has 0 unspecified atom stereocenters. The molecule has 1 aromatic heterocycles. The Morgan fingerprint density at radius 2 is 1.77 bits per heavy atom. The van der Waals surface area contributed by atoms with Crippen LogP contribution in [0.25, 0.3) is 11.3 Å². The molecule has 4 nitrogen and oxygen atoms in total. The molecule has 0 atom stereocenters. The zero-order valence-electron chi connectivity index (χ0n) is 13.2. The SMILES string of the molecule is Oc1c(-c2ccncn2)ccc(OCc2ccc(Cl)cc2)c1C(F)(F)F. The van der Waals surface area contributed by atoms with E-state index in [2.05, 4.69) is 9.97 Å². The molecule has 3 rings (SSSR count). The summed E-state index contributed by atoms with van der Waals surface area (Å²) in [6.07, 6.45) is -2.24. The van der Waals surface area contributed by atoms with Crippen LogP contribution in [0.4, 0.5) is 13.2 Å². The number of hydrogen-bond donors (Lipinski definition) is 1. The maximum absolute atomic E-state index is 13.5. The lowest BCUT2D eigenvalue weighted by Gasteiger charge is -2.17. The lowest BCUT2D eigenvalue weighted by Crippen LogP contribution is -2.10. The number of ether oxygens (including phenoxy) is 1. The molecule has 3 aromatic rings. The third kappa shape index (κ3) is 3.88. The molecule has 2 aromatic carbocycles. The van der Waals surface area contributed by atoms with Crippen molar-refractivity contribution < 1.29 is 23.0 Å². The largest absolute Gasteiger partial charge is 0.506 e. The minimum Gasteiger partial charge on any atom is -0.506 e. The van der Waals surface area contributed by atoms with Crippen LogP contribution >= 0.6 is 11.6 Å².